The van der Waals surface area contributed by atoms with Gasteiger partial charge in [0, 0.05) is 24.1 Å². The Hall–Kier alpha value is -2.13. The Morgan fingerprint density at radius 1 is 0.957 bits per heavy atom. The molecule has 2 aromatic rings. The molecule has 0 atom stereocenters. The molecule has 0 radical (unpaired) electrons. The maximum Gasteiger partial charge on any atom is 0.254 e. The first-order valence-corrected chi connectivity index (χ1v) is 8.42. The molecule has 3 nitrogen and oxygen atoms in total. The van der Waals surface area contributed by atoms with E-state index in [1.807, 2.05) is 35.2 Å². The van der Waals surface area contributed by atoms with Gasteiger partial charge in [0.25, 0.3) is 5.91 Å². The van der Waals surface area contributed by atoms with Crippen LogP contribution in [0.15, 0.2) is 54.6 Å². The number of fused-ring (bicyclic) bond motifs is 2. The summed E-state index contributed by atoms with van der Waals surface area (Å²) in [6, 6.07) is 18.5. The molecule has 4 rings (SSSR count). The third-order valence-electron chi connectivity index (χ3n) is 5.29. The van der Waals surface area contributed by atoms with Crippen molar-refractivity contribution in [2.75, 3.05) is 19.6 Å². The Morgan fingerprint density at radius 2 is 1.65 bits per heavy atom. The van der Waals surface area contributed by atoms with Gasteiger partial charge in [0.1, 0.15) is 0 Å². The minimum atomic E-state index is 0.116. The van der Waals surface area contributed by atoms with Crippen molar-refractivity contribution in [3.63, 3.8) is 0 Å². The first-order chi connectivity index (χ1) is 11.3. The molecule has 1 amide bonds. The van der Waals surface area contributed by atoms with E-state index in [9.17, 15) is 4.79 Å². The number of carbonyl (C=O) groups excluding carboxylic acids is 1. The van der Waals surface area contributed by atoms with Crippen molar-refractivity contribution in [2.45, 2.75) is 24.8 Å². The molecule has 3 heteroatoms. The lowest BCUT2D eigenvalue weighted by molar-refractivity contribution is 0.0626. The van der Waals surface area contributed by atoms with Gasteiger partial charge in [0.05, 0.1) is 0 Å². The maximum atomic E-state index is 13.0. The highest BCUT2D eigenvalue weighted by Crippen LogP contribution is 2.40. The van der Waals surface area contributed by atoms with Gasteiger partial charge >= 0.3 is 0 Å². The fourth-order valence-corrected chi connectivity index (χ4v) is 4.09. The van der Waals surface area contributed by atoms with Gasteiger partial charge in [0.15, 0.2) is 0 Å². The zero-order valence-electron chi connectivity index (χ0n) is 13.3. The van der Waals surface area contributed by atoms with E-state index in [0.717, 1.165) is 38.0 Å². The van der Waals surface area contributed by atoms with Crippen LogP contribution in [-0.2, 0) is 12.0 Å². The third-order valence-corrected chi connectivity index (χ3v) is 5.29. The van der Waals surface area contributed by atoms with Gasteiger partial charge in [-0.25, -0.2) is 0 Å². The van der Waals surface area contributed by atoms with Crippen molar-refractivity contribution in [1.29, 1.82) is 0 Å². The van der Waals surface area contributed by atoms with Crippen molar-refractivity contribution in [1.82, 2.24) is 10.2 Å². The van der Waals surface area contributed by atoms with E-state index < -0.39 is 0 Å². The maximum absolute atomic E-state index is 13.0. The first kappa shape index (κ1) is 14.5. The Balaban J connectivity index is 1.72. The number of hydrogen-bond acceptors (Lipinski definition) is 2. The number of nitrogens with zero attached hydrogens (tertiary/aromatic N) is 1. The van der Waals surface area contributed by atoms with Crippen LogP contribution in [0, 0.1) is 0 Å². The van der Waals surface area contributed by atoms with Crippen LogP contribution in [0.5, 0.6) is 0 Å². The molecule has 0 saturated carbocycles. The Morgan fingerprint density at radius 3 is 2.43 bits per heavy atom. The third kappa shape index (κ3) is 2.55. The number of hydrogen-bond donors (Lipinski definition) is 1. The highest BCUT2D eigenvalue weighted by atomic mass is 16.2. The lowest BCUT2D eigenvalue weighted by atomic mass is 9.69. The highest BCUT2D eigenvalue weighted by Gasteiger charge is 2.43. The standard InChI is InChI=1S/C20H22N2O/c23-19-17-8-4-5-9-18(17)20(10-12-21-13-11-20)15-22(19)14-16-6-2-1-3-7-16/h1-9,21H,10-15H2. The molecule has 2 aliphatic rings. The van der Waals surface area contributed by atoms with E-state index in [-0.39, 0.29) is 11.3 Å². The molecule has 0 bridgehead atoms. The molecule has 1 saturated heterocycles. The average Bonchev–Trinajstić information content (AvgIpc) is 2.61. The summed E-state index contributed by atoms with van der Waals surface area (Å²) in [5.41, 5.74) is 3.47. The number of nitrogens with one attached hydrogen (secondary N) is 1. The van der Waals surface area contributed by atoms with Crippen molar-refractivity contribution >= 4 is 5.91 Å². The van der Waals surface area contributed by atoms with E-state index in [4.69, 9.17) is 0 Å². The van der Waals surface area contributed by atoms with Gasteiger partial charge in [-0.2, -0.15) is 0 Å². The summed E-state index contributed by atoms with van der Waals surface area (Å²) in [5, 5.41) is 3.46. The van der Waals surface area contributed by atoms with Crippen molar-refractivity contribution in [3.05, 3.63) is 71.3 Å². The summed E-state index contributed by atoms with van der Waals surface area (Å²) in [7, 11) is 0. The minimum absolute atomic E-state index is 0.116. The smallest absolute Gasteiger partial charge is 0.254 e. The van der Waals surface area contributed by atoms with Crippen LogP contribution in [0.25, 0.3) is 0 Å². The van der Waals surface area contributed by atoms with Crippen molar-refractivity contribution < 1.29 is 4.79 Å². The average molecular weight is 306 g/mol. The topological polar surface area (TPSA) is 32.3 Å². The van der Waals surface area contributed by atoms with Crippen LogP contribution in [0.2, 0.25) is 0 Å². The molecular formula is C20H22N2O. The van der Waals surface area contributed by atoms with Crippen LogP contribution >= 0.6 is 0 Å². The van der Waals surface area contributed by atoms with Gasteiger partial charge in [0.2, 0.25) is 0 Å². The largest absolute Gasteiger partial charge is 0.333 e. The van der Waals surface area contributed by atoms with Crippen molar-refractivity contribution in [2.24, 2.45) is 0 Å². The zero-order chi connectivity index (χ0) is 15.7. The summed E-state index contributed by atoms with van der Waals surface area (Å²) in [4.78, 5) is 15.0. The second-order valence-electron chi connectivity index (χ2n) is 6.72. The normalized spacial score (nSPS) is 19.7. The number of piperidine rings is 1. The summed E-state index contributed by atoms with van der Waals surface area (Å²) in [6.07, 6.45) is 2.20. The number of amides is 1. The molecule has 1 N–H and O–H groups in total. The van der Waals surface area contributed by atoms with E-state index in [0.29, 0.717) is 6.54 Å². The van der Waals surface area contributed by atoms with Crippen LogP contribution in [0.4, 0.5) is 0 Å². The monoisotopic (exact) mass is 306 g/mol. The van der Waals surface area contributed by atoms with E-state index >= 15 is 0 Å². The molecule has 1 spiro atoms. The lowest BCUT2D eigenvalue weighted by Crippen LogP contribution is -2.53. The number of rotatable bonds is 2. The van der Waals surface area contributed by atoms with Crippen molar-refractivity contribution in [3.8, 4) is 0 Å². The van der Waals surface area contributed by atoms with Crippen LogP contribution in [-0.4, -0.2) is 30.4 Å². The summed E-state index contributed by atoms with van der Waals surface area (Å²) in [5.74, 6) is 0.175. The van der Waals surface area contributed by atoms with E-state index in [1.165, 1.54) is 11.1 Å². The molecule has 118 valence electrons. The second-order valence-corrected chi connectivity index (χ2v) is 6.72. The second kappa shape index (κ2) is 5.82. The Bertz CT molecular complexity index is 705. The number of carbonyl (C=O) groups is 1. The summed E-state index contributed by atoms with van der Waals surface area (Å²) in [6.45, 7) is 3.59. The Kier molecular flexibility index (Phi) is 3.66. The molecule has 2 aromatic carbocycles. The highest BCUT2D eigenvalue weighted by molar-refractivity contribution is 5.97. The Labute approximate surface area is 137 Å². The molecule has 0 aliphatic carbocycles. The molecule has 2 heterocycles. The fourth-order valence-electron chi connectivity index (χ4n) is 4.09. The van der Waals surface area contributed by atoms with Gasteiger partial charge in [-0.1, -0.05) is 48.5 Å². The van der Waals surface area contributed by atoms with Gasteiger partial charge in [-0.05, 0) is 43.1 Å². The predicted molar refractivity (Wildman–Crippen MR) is 91.4 cm³/mol. The van der Waals surface area contributed by atoms with E-state index in [2.05, 4.69) is 29.6 Å². The zero-order valence-corrected chi connectivity index (χ0v) is 13.3. The van der Waals surface area contributed by atoms with Gasteiger partial charge in [-0.3, -0.25) is 4.79 Å². The molecule has 2 aliphatic heterocycles. The van der Waals surface area contributed by atoms with Gasteiger partial charge in [-0.15, -0.1) is 0 Å². The van der Waals surface area contributed by atoms with Crippen LogP contribution in [0.1, 0.15) is 34.3 Å². The van der Waals surface area contributed by atoms with Crippen LogP contribution < -0.4 is 5.32 Å². The molecule has 23 heavy (non-hydrogen) atoms. The fraction of sp³-hybridized carbons (Fsp3) is 0.350. The molecule has 0 unspecified atom stereocenters. The summed E-state index contributed by atoms with van der Waals surface area (Å²) >= 11 is 0. The molecular weight excluding hydrogens is 284 g/mol. The first-order valence-electron chi connectivity index (χ1n) is 8.42. The molecule has 0 aromatic heterocycles. The number of benzene rings is 2. The summed E-state index contributed by atoms with van der Waals surface area (Å²) < 4.78 is 0. The SMILES string of the molecule is O=C1c2ccccc2C2(CCNCC2)CN1Cc1ccccc1. The minimum Gasteiger partial charge on any atom is -0.333 e. The molecule has 1 fully saturated rings. The predicted octanol–water partition coefficient (Wildman–Crippen LogP) is 2.96. The van der Waals surface area contributed by atoms with Crippen LogP contribution in [0.3, 0.4) is 0 Å². The van der Waals surface area contributed by atoms with Gasteiger partial charge < -0.3 is 10.2 Å². The lowest BCUT2D eigenvalue weighted by Gasteiger charge is -2.46. The van der Waals surface area contributed by atoms with E-state index in [1.54, 1.807) is 0 Å². The quantitative estimate of drug-likeness (QED) is 0.925.